The number of halogens is 1. The van der Waals surface area contributed by atoms with Crippen LogP contribution in [0.5, 0.6) is 11.5 Å². The fourth-order valence-electron chi connectivity index (χ4n) is 7.07. The van der Waals surface area contributed by atoms with Crippen LogP contribution in [-0.2, 0) is 6.42 Å². The lowest BCUT2D eigenvalue weighted by Gasteiger charge is -2.28. The minimum Gasteiger partial charge on any atom is -0.423 e. The zero-order valence-electron chi connectivity index (χ0n) is 30.7. The number of nitrogens with zero attached hydrogens (tertiary/aromatic N) is 2. The Kier molecular flexibility index (Phi) is 14.4. The second-order valence-corrected chi connectivity index (χ2v) is 14.5. The summed E-state index contributed by atoms with van der Waals surface area (Å²) in [6.45, 7) is 3.95. The van der Waals surface area contributed by atoms with Gasteiger partial charge in [-0.15, -0.1) is 0 Å². The van der Waals surface area contributed by atoms with Crippen molar-refractivity contribution >= 4 is 29.1 Å². The highest BCUT2D eigenvalue weighted by atomic mass is 35.5. The highest BCUT2D eigenvalue weighted by Gasteiger charge is 2.21. The van der Waals surface area contributed by atoms with Gasteiger partial charge < -0.3 is 9.47 Å². The van der Waals surface area contributed by atoms with Crippen LogP contribution >= 0.6 is 11.6 Å². The Morgan fingerprint density at radius 3 is 2.00 bits per heavy atom. The fraction of sp³-hybridized carbons (Fsp3) is 0.348. The van der Waals surface area contributed by atoms with Gasteiger partial charge in [0.15, 0.2) is 0 Å². The minimum atomic E-state index is -0.688. The van der Waals surface area contributed by atoms with Gasteiger partial charge in [-0.25, -0.2) is 9.59 Å². The summed E-state index contributed by atoms with van der Waals surface area (Å²) in [4.78, 5) is 26.0. The first-order valence-electron chi connectivity index (χ1n) is 18.8. The van der Waals surface area contributed by atoms with Crippen LogP contribution in [0.1, 0.15) is 116 Å². The summed E-state index contributed by atoms with van der Waals surface area (Å²) in [5.74, 6) is 1.01. The number of hydrogen-bond donors (Lipinski definition) is 0. The van der Waals surface area contributed by atoms with Gasteiger partial charge in [-0.3, -0.25) is 0 Å². The van der Waals surface area contributed by atoms with E-state index in [0.717, 1.165) is 29.4 Å². The van der Waals surface area contributed by atoms with Gasteiger partial charge in [-0.05, 0) is 95.8 Å². The molecule has 0 unspecified atom stereocenters. The predicted octanol–water partition coefficient (Wildman–Crippen LogP) is 12.4. The van der Waals surface area contributed by atoms with Crippen LogP contribution in [0.15, 0.2) is 96.6 Å². The number of carbonyl (C=O) groups is 2. The Hall–Kier alpha value is -5.17. The lowest BCUT2D eigenvalue weighted by atomic mass is 9.77. The summed E-state index contributed by atoms with van der Waals surface area (Å²) >= 11 is 6.41. The van der Waals surface area contributed by atoms with Gasteiger partial charge in [0, 0.05) is 6.07 Å². The molecular weight excluding hydrogens is 680 g/mol. The molecule has 0 aromatic heterocycles. The third kappa shape index (κ3) is 11.2. The average molecular weight is 727 g/mol. The lowest BCUT2D eigenvalue weighted by Crippen LogP contribution is -2.15. The van der Waals surface area contributed by atoms with Crippen molar-refractivity contribution in [3.8, 4) is 34.8 Å². The van der Waals surface area contributed by atoms with E-state index in [1.807, 2.05) is 30.3 Å². The molecule has 0 atom stereocenters. The van der Waals surface area contributed by atoms with Crippen molar-refractivity contribution in [1.29, 1.82) is 10.5 Å². The number of esters is 2. The van der Waals surface area contributed by atoms with Crippen LogP contribution in [0.25, 0.3) is 16.7 Å². The monoisotopic (exact) mass is 726 g/mol. The number of carbonyl (C=O) groups excluding carboxylic acids is 2. The molecule has 0 saturated heterocycles. The maximum absolute atomic E-state index is 13.1. The number of nitriles is 2. The normalized spacial score (nSPS) is 15.1. The molecular formula is C46H47ClN2O4. The summed E-state index contributed by atoms with van der Waals surface area (Å²) in [5, 5.41) is 18.3. The molecule has 272 valence electrons. The maximum atomic E-state index is 13.1. The summed E-state index contributed by atoms with van der Waals surface area (Å²) in [6.07, 6.45) is 16.2. The molecule has 0 N–H and O–H groups in total. The molecule has 1 saturated carbocycles. The molecule has 4 aromatic carbocycles. The van der Waals surface area contributed by atoms with Crippen LogP contribution in [0.2, 0.25) is 5.02 Å². The van der Waals surface area contributed by atoms with Gasteiger partial charge in [0.25, 0.3) is 0 Å². The topological polar surface area (TPSA) is 100 Å². The zero-order valence-corrected chi connectivity index (χ0v) is 31.5. The average Bonchev–Trinajstić information content (AvgIpc) is 3.18. The summed E-state index contributed by atoms with van der Waals surface area (Å²) in [7, 11) is 0. The Morgan fingerprint density at radius 2 is 1.34 bits per heavy atom. The Balaban J connectivity index is 1.11. The van der Waals surface area contributed by atoms with E-state index in [-0.39, 0.29) is 27.7 Å². The van der Waals surface area contributed by atoms with Crippen molar-refractivity contribution in [2.24, 2.45) is 11.8 Å². The number of hydrogen-bond acceptors (Lipinski definition) is 6. The first-order chi connectivity index (χ1) is 25.8. The Morgan fingerprint density at radius 1 is 0.698 bits per heavy atom. The molecule has 6 nitrogen and oxygen atoms in total. The first kappa shape index (κ1) is 39.0. The number of benzene rings is 4. The van der Waals surface area contributed by atoms with Crippen LogP contribution < -0.4 is 9.47 Å². The summed E-state index contributed by atoms with van der Waals surface area (Å²) in [5.41, 5.74) is 4.99. The number of rotatable bonds is 15. The van der Waals surface area contributed by atoms with E-state index < -0.39 is 11.9 Å². The van der Waals surface area contributed by atoms with Crippen molar-refractivity contribution in [2.75, 3.05) is 0 Å². The third-order valence-corrected chi connectivity index (χ3v) is 10.7. The minimum absolute atomic E-state index is 0.0100. The van der Waals surface area contributed by atoms with Gasteiger partial charge in [0.2, 0.25) is 0 Å². The van der Waals surface area contributed by atoms with Crippen molar-refractivity contribution in [2.45, 2.75) is 90.9 Å². The van der Waals surface area contributed by atoms with E-state index in [4.69, 9.17) is 31.6 Å². The molecule has 5 rings (SSSR count). The van der Waals surface area contributed by atoms with Gasteiger partial charge >= 0.3 is 11.9 Å². The molecule has 7 heteroatoms. The molecule has 0 amide bonds. The van der Waals surface area contributed by atoms with Crippen LogP contribution in [0.3, 0.4) is 0 Å². The molecule has 1 aliphatic carbocycles. The molecule has 1 fully saturated rings. The van der Waals surface area contributed by atoms with Gasteiger partial charge in [0.1, 0.15) is 29.2 Å². The first-order valence-corrected chi connectivity index (χ1v) is 19.2. The van der Waals surface area contributed by atoms with Gasteiger partial charge in [0.05, 0.1) is 16.1 Å². The molecule has 0 heterocycles. The zero-order chi connectivity index (χ0) is 37.6. The highest BCUT2D eigenvalue weighted by Crippen LogP contribution is 2.35. The van der Waals surface area contributed by atoms with E-state index in [0.29, 0.717) is 16.7 Å². The van der Waals surface area contributed by atoms with Gasteiger partial charge in [-0.2, -0.15) is 10.5 Å². The van der Waals surface area contributed by atoms with E-state index in [1.54, 1.807) is 37.3 Å². The second kappa shape index (κ2) is 19.6. The van der Waals surface area contributed by atoms with Crippen LogP contribution in [0.4, 0.5) is 0 Å². The quantitative estimate of drug-likeness (QED) is 0.0523. The summed E-state index contributed by atoms with van der Waals surface area (Å²) in [6, 6.07) is 30.5. The van der Waals surface area contributed by atoms with E-state index >= 15 is 0 Å². The Bertz CT molecular complexity index is 1960. The predicted molar refractivity (Wildman–Crippen MR) is 211 cm³/mol. The largest absolute Gasteiger partial charge is 0.423 e. The fourth-order valence-corrected chi connectivity index (χ4v) is 7.32. The molecule has 53 heavy (non-hydrogen) atoms. The lowest BCUT2D eigenvalue weighted by molar-refractivity contribution is 0.0730. The third-order valence-electron chi connectivity index (χ3n) is 10.4. The Labute approximate surface area is 319 Å². The van der Waals surface area contributed by atoms with Crippen LogP contribution in [-0.4, -0.2) is 11.9 Å². The van der Waals surface area contributed by atoms with E-state index in [2.05, 4.69) is 31.2 Å². The van der Waals surface area contributed by atoms with Crippen LogP contribution in [0, 0.1) is 34.5 Å². The van der Waals surface area contributed by atoms with Crippen molar-refractivity contribution in [1.82, 2.24) is 0 Å². The molecule has 0 spiro atoms. The molecule has 1 aliphatic rings. The smallest absolute Gasteiger partial charge is 0.345 e. The van der Waals surface area contributed by atoms with Crippen molar-refractivity contribution in [3.63, 3.8) is 0 Å². The second-order valence-electron chi connectivity index (χ2n) is 14.1. The SMILES string of the molecule is CCCCCCCC1CCC(CCc2ccc(-c3cccc(C(=O)Oc4ccc(C(=O)Oc5ccc(C(C)=C(C#N)C#N)cc5)c(Cl)c4)c3)cc2)CC1. The number of ether oxygens (including phenoxy) is 2. The van der Waals surface area contributed by atoms with Gasteiger partial charge in [-0.1, -0.05) is 131 Å². The number of unbranched alkanes of at least 4 members (excludes halogenated alkanes) is 4. The standard InChI is InChI=1S/C46H47ClN2O4/c1-3-4-5-6-7-9-33-12-14-34(15-13-33)16-17-35-18-20-37(21-19-35)38-10-8-11-39(28-38)45(50)53-42-26-27-43(44(47)29-42)46(51)52-41-24-22-36(23-25-41)32(2)40(30-48)31-49/h8,10-11,18-29,33-34H,3-7,9,12-17H2,1-2H3. The molecule has 0 radical (unpaired) electrons. The highest BCUT2D eigenvalue weighted by molar-refractivity contribution is 6.33. The summed E-state index contributed by atoms with van der Waals surface area (Å²) < 4.78 is 11.1. The van der Waals surface area contributed by atoms with E-state index in [9.17, 15) is 9.59 Å². The molecule has 0 aliphatic heterocycles. The number of aryl methyl sites for hydroxylation is 1. The van der Waals surface area contributed by atoms with E-state index in [1.165, 1.54) is 94.4 Å². The number of allylic oxidation sites excluding steroid dienone is 2. The maximum Gasteiger partial charge on any atom is 0.345 e. The molecule has 0 bridgehead atoms. The van der Waals surface area contributed by atoms with Crippen molar-refractivity contribution < 1.29 is 19.1 Å². The molecule has 4 aromatic rings. The van der Waals surface area contributed by atoms with Crippen molar-refractivity contribution in [3.05, 3.63) is 124 Å².